The van der Waals surface area contributed by atoms with E-state index >= 15 is 0 Å². The molecule has 1 heteroatoms. The largest absolute Gasteiger partial charge is 0.309 e. The SMILES string of the molecule is c1ccc(-c2cc(-c3ccccc3)cc(-c3ccc(N(c4cc(-c5cccc6ccccc56)ccc4-c4ccccc4)c4cccc5ccccc45)cc3)c2)cc1. The van der Waals surface area contributed by atoms with Gasteiger partial charge in [-0.25, -0.2) is 0 Å². The maximum atomic E-state index is 2.46. The van der Waals surface area contributed by atoms with E-state index in [0.29, 0.717) is 0 Å². The van der Waals surface area contributed by atoms with E-state index in [-0.39, 0.29) is 0 Å². The minimum atomic E-state index is 1.09. The third-order valence-corrected chi connectivity index (χ3v) is 11.0. The van der Waals surface area contributed by atoms with Crippen LogP contribution in [0.2, 0.25) is 0 Å². The molecule has 57 heavy (non-hydrogen) atoms. The fourth-order valence-corrected chi connectivity index (χ4v) is 8.23. The molecular weight excluding hydrogens is 687 g/mol. The Balaban J connectivity index is 1.18. The molecule has 0 radical (unpaired) electrons. The van der Waals surface area contributed by atoms with Gasteiger partial charge in [-0.15, -0.1) is 0 Å². The number of hydrogen-bond acceptors (Lipinski definition) is 1. The van der Waals surface area contributed by atoms with Crippen LogP contribution in [0.15, 0.2) is 237 Å². The molecule has 0 N–H and O–H groups in total. The minimum absolute atomic E-state index is 1.09. The highest BCUT2D eigenvalue weighted by atomic mass is 15.1. The van der Waals surface area contributed by atoms with Crippen molar-refractivity contribution in [3.8, 4) is 55.6 Å². The lowest BCUT2D eigenvalue weighted by Crippen LogP contribution is -2.12. The average Bonchev–Trinajstić information content (AvgIpc) is 3.30. The third-order valence-electron chi connectivity index (χ3n) is 11.0. The predicted octanol–water partition coefficient (Wildman–Crippen LogP) is 15.8. The lowest BCUT2D eigenvalue weighted by atomic mass is 9.93. The molecule has 0 heterocycles. The van der Waals surface area contributed by atoms with Crippen LogP contribution in [-0.4, -0.2) is 0 Å². The quantitative estimate of drug-likeness (QED) is 0.151. The van der Waals surface area contributed by atoms with Crippen molar-refractivity contribution in [2.45, 2.75) is 0 Å². The summed E-state index contributed by atoms with van der Waals surface area (Å²) in [5.41, 5.74) is 15.2. The topological polar surface area (TPSA) is 3.24 Å². The molecule has 0 amide bonds. The van der Waals surface area contributed by atoms with E-state index < -0.39 is 0 Å². The van der Waals surface area contributed by atoms with Crippen LogP contribution in [0.3, 0.4) is 0 Å². The first kappa shape index (κ1) is 34.0. The zero-order chi connectivity index (χ0) is 38.0. The van der Waals surface area contributed by atoms with Gasteiger partial charge < -0.3 is 4.90 Å². The second kappa shape index (κ2) is 15.0. The second-order valence-electron chi connectivity index (χ2n) is 14.5. The van der Waals surface area contributed by atoms with Gasteiger partial charge in [-0.2, -0.15) is 0 Å². The first-order valence-electron chi connectivity index (χ1n) is 19.6. The van der Waals surface area contributed by atoms with Crippen LogP contribution in [0.5, 0.6) is 0 Å². The third kappa shape index (κ3) is 6.66. The Morgan fingerprint density at radius 1 is 0.228 bits per heavy atom. The Labute approximate surface area is 334 Å². The molecule has 1 nitrogen and oxygen atoms in total. The lowest BCUT2D eigenvalue weighted by Gasteiger charge is -2.30. The predicted molar refractivity (Wildman–Crippen MR) is 243 cm³/mol. The number of rotatable bonds is 8. The van der Waals surface area contributed by atoms with Gasteiger partial charge in [0.2, 0.25) is 0 Å². The van der Waals surface area contributed by atoms with E-state index in [1.54, 1.807) is 0 Å². The van der Waals surface area contributed by atoms with Crippen molar-refractivity contribution in [1.29, 1.82) is 0 Å². The van der Waals surface area contributed by atoms with E-state index in [1.165, 1.54) is 77.2 Å². The summed E-state index contributed by atoms with van der Waals surface area (Å²) in [6, 6.07) is 85.8. The van der Waals surface area contributed by atoms with Crippen molar-refractivity contribution < 1.29 is 0 Å². The number of fused-ring (bicyclic) bond motifs is 2. The Bertz CT molecular complexity index is 2920. The van der Waals surface area contributed by atoms with Gasteiger partial charge >= 0.3 is 0 Å². The molecule has 0 unspecified atom stereocenters. The summed E-state index contributed by atoms with van der Waals surface area (Å²) in [6.45, 7) is 0. The first-order chi connectivity index (χ1) is 28.3. The van der Waals surface area contributed by atoms with Crippen LogP contribution in [-0.2, 0) is 0 Å². The summed E-state index contributed by atoms with van der Waals surface area (Å²) in [5.74, 6) is 0. The molecule has 0 saturated carbocycles. The summed E-state index contributed by atoms with van der Waals surface area (Å²) in [7, 11) is 0. The van der Waals surface area contributed by atoms with Gasteiger partial charge in [0.15, 0.2) is 0 Å². The van der Waals surface area contributed by atoms with Crippen LogP contribution in [0.1, 0.15) is 0 Å². The van der Waals surface area contributed by atoms with Gasteiger partial charge in [-0.05, 0) is 109 Å². The Morgan fingerprint density at radius 2 is 0.684 bits per heavy atom. The Hall–Kier alpha value is -7.48. The van der Waals surface area contributed by atoms with Crippen LogP contribution < -0.4 is 4.90 Å². The van der Waals surface area contributed by atoms with Crippen LogP contribution >= 0.6 is 0 Å². The highest BCUT2D eigenvalue weighted by Crippen LogP contribution is 2.46. The first-order valence-corrected chi connectivity index (χ1v) is 19.6. The summed E-state index contributed by atoms with van der Waals surface area (Å²) < 4.78 is 0. The summed E-state index contributed by atoms with van der Waals surface area (Å²) in [5, 5.41) is 4.87. The molecule has 0 aromatic heterocycles. The molecule has 0 atom stereocenters. The summed E-state index contributed by atoms with van der Waals surface area (Å²) in [6.07, 6.45) is 0. The van der Waals surface area contributed by atoms with E-state index in [1.807, 2.05) is 0 Å². The number of hydrogen-bond donors (Lipinski definition) is 0. The summed E-state index contributed by atoms with van der Waals surface area (Å²) >= 11 is 0. The molecule has 0 saturated heterocycles. The maximum Gasteiger partial charge on any atom is 0.0546 e. The van der Waals surface area contributed by atoms with E-state index in [0.717, 1.165) is 17.1 Å². The molecular formula is C56H39N. The molecule has 10 aromatic carbocycles. The molecule has 268 valence electrons. The molecule has 0 aliphatic carbocycles. The second-order valence-corrected chi connectivity index (χ2v) is 14.5. The van der Waals surface area contributed by atoms with Gasteiger partial charge in [0.25, 0.3) is 0 Å². The van der Waals surface area contributed by atoms with Crippen LogP contribution in [0.25, 0.3) is 77.2 Å². The molecule has 0 bridgehead atoms. The van der Waals surface area contributed by atoms with Gasteiger partial charge in [0.1, 0.15) is 0 Å². The lowest BCUT2D eigenvalue weighted by molar-refractivity contribution is 1.30. The van der Waals surface area contributed by atoms with Gasteiger partial charge in [0, 0.05) is 16.6 Å². The fourth-order valence-electron chi connectivity index (χ4n) is 8.23. The molecule has 0 aliphatic rings. The van der Waals surface area contributed by atoms with Crippen molar-refractivity contribution in [1.82, 2.24) is 0 Å². The van der Waals surface area contributed by atoms with Crippen molar-refractivity contribution >= 4 is 38.6 Å². The van der Waals surface area contributed by atoms with Crippen molar-refractivity contribution in [3.05, 3.63) is 237 Å². The fraction of sp³-hybridized carbons (Fsp3) is 0. The number of anilines is 3. The molecule has 0 aliphatic heterocycles. The Morgan fingerprint density at radius 3 is 1.30 bits per heavy atom. The number of nitrogens with zero attached hydrogens (tertiary/aromatic N) is 1. The zero-order valence-corrected chi connectivity index (χ0v) is 31.5. The molecule has 10 aromatic rings. The highest BCUT2D eigenvalue weighted by molar-refractivity contribution is 6.03. The van der Waals surface area contributed by atoms with E-state index in [9.17, 15) is 0 Å². The Kier molecular flexibility index (Phi) is 8.95. The van der Waals surface area contributed by atoms with E-state index in [4.69, 9.17) is 0 Å². The maximum absolute atomic E-state index is 2.46. The number of benzene rings is 10. The van der Waals surface area contributed by atoms with Crippen molar-refractivity contribution in [3.63, 3.8) is 0 Å². The van der Waals surface area contributed by atoms with Gasteiger partial charge in [-0.1, -0.05) is 194 Å². The molecule has 10 rings (SSSR count). The van der Waals surface area contributed by atoms with Gasteiger partial charge in [0.05, 0.1) is 11.4 Å². The molecule has 0 spiro atoms. The van der Waals surface area contributed by atoms with Crippen LogP contribution in [0, 0.1) is 0 Å². The van der Waals surface area contributed by atoms with Crippen LogP contribution in [0.4, 0.5) is 17.1 Å². The molecule has 0 fully saturated rings. The smallest absolute Gasteiger partial charge is 0.0546 e. The van der Waals surface area contributed by atoms with Crippen molar-refractivity contribution in [2.75, 3.05) is 4.90 Å². The zero-order valence-electron chi connectivity index (χ0n) is 31.5. The average molecular weight is 726 g/mol. The summed E-state index contributed by atoms with van der Waals surface area (Å²) in [4.78, 5) is 2.46. The normalized spacial score (nSPS) is 11.2. The van der Waals surface area contributed by atoms with Crippen molar-refractivity contribution in [2.24, 2.45) is 0 Å². The highest BCUT2D eigenvalue weighted by Gasteiger charge is 2.21. The standard InChI is InChI=1S/C56H39N/c1-4-16-40(17-5-1)47-36-48(41-18-6-2-7-19-41)38-49(37-47)42-30-33-50(34-31-42)57(55-29-15-25-45-23-11-13-27-53(45)55)56-39-46(32-35-54(56)44-20-8-3-9-21-44)52-28-14-24-43-22-10-12-26-51(43)52/h1-39H. The monoisotopic (exact) mass is 725 g/mol. The minimum Gasteiger partial charge on any atom is -0.309 e. The van der Waals surface area contributed by atoms with E-state index in [2.05, 4.69) is 241 Å². The van der Waals surface area contributed by atoms with Gasteiger partial charge in [-0.3, -0.25) is 0 Å².